The summed E-state index contributed by atoms with van der Waals surface area (Å²) in [7, 11) is 0. The van der Waals surface area contributed by atoms with E-state index >= 15 is 0 Å². The fourth-order valence-corrected chi connectivity index (χ4v) is 5.22. The Morgan fingerprint density at radius 3 is 2.71 bits per heavy atom. The lowest BCUT2D eigenvalue weighted by molar-refractivity contribution is -0.140. The number of nitrogens with zero attached hydrogens (tertiary/aromatic N) is 3. The maximum absolute atomic E-state index is 14.3. The first-order valence-electron chi connectivity index (χ1n) is 10.9. The molecule has 0 spiro atoms. The number of rotatable bonds is 5. The fourth-order valence-electron chi connectivity index (χ4n) is 4.69. The van der Waals surface area contributed by atoms with Crippen LogP contribution in [-0.2, 0) is 11.3 Å². The molecule has 2 aromatic rings. The zero-order valence-corrected chi connectivity index (χ0v) is 18.9. The van der Waals surface area contributed by atoms with Crippen LogP contribution in [-0.4, -0.2) is 52.3 Å². The van der Waals surface area contributed by atoms with E-state index in [0.717, 1.165) is 49.9 Å². The van der Waals surface area contributed by atoms with Crippen LogP contribution in [0.3, 0.4) is 0 Å². The van der Waals surface area contributed by atoms with Crippen molar-refractivity contribution in [3.8, 4) is 0 Å². The largest absolute Gasteiger partial charge is 0.337 e. The van der Waals surface area contributed by atoms with Crippen LogP contribution in [0, 0.1) is 18.7 Å². The van der Waals surface area contributed by atoms with Gasteiger partial charge < -0.3 is 10.2 Å². The molecular weight excluding hydrogens is 415 g/mol. The molecule has 0 radical (unpaired) electrons. The number of amides is 2. The summed E-state index contributed by atoms with van der Waals surface area (Å²) in [5, 5.41) is 4.45. The third-order valence-electron chi connectivity index (χ3n) is 6.49. The van der Waals surface area contributed by atoms with Gasteiger partial charge in [-0.1, -0.05) is 12.8 Å². The molecule has 2 amide bonds. The van der Waals surface area contributed by atoms with Crippen molar-refractivity contribution in [1.82, 2.24) is 14.8 Å². The monoisotopic (exact) mass is 444 g/mol. The van der Waals surface area contributed by atoms with Gasteiger partial charge in [0.15, 0.2) is 0 Å². The van der Waals surface area contributed by atoms with Crippen molar-refractivity contribution < 1.29 is 14.0 Å². The van der Waals surface area contributed by atoms with Gasteiger partial charge in [0.1, 0.15) is 11.5 Å². The number of carbonyl (C=O) groups excluding carboxylic acids is 2. The van der Waals surface area contributed by atoms with E-state index in [9.17, 15) is 14.0 Å². The van der Waals surface area contributed by atoms with Crippen LogP contribution in [0.4, 0.5) is 10.1 Å². The summed E-state index contributed by atoms with van der Waals surface area (Å²) >= 11 is 1.34. The summed E-state index contributed by atoms with van der Waals surface area (Å²) in [5.74, 6) is -0.215. The number of thiazole rings is 1. The Morgan fingerprint density at radius 1 is 1.26 bits per heavy atom. The van der Waals surface area contributed by atoms with Crippen molar-refractivity contribution in [3.63, 3.8) is 0 Å². The smallest absolute Gasteiger partial charge is 0.275 e. The molecule has 31 heavy (non-hydrogen) atoms. The first kappa shape index (κ1) is 21.9. The minimum absolute atomic E-state index is 0.138. The summed E-state index contributed by atoms with van der Waals surface area (Å²) in [4.78, 5) is 33.5. The SMILES string of the molecule is Cc1c(CN2CCN(C(=O)C3CCCC3)[C@@H](C)C2)cc(F)cc1NC(=O)c1cscn1. The van der Waals surface area contributed by atoms with E-state index in [4.69, 9.17) is 0 Å². The number of piperazine rings is 1. The maximum atomic E-state index is 14.3. The Morgan fingerprint density at radius 2 is 2.03 bits per heavy atom. The zero-order valence-electron chi connectivity index (χ0n) is 18.1. The molecule has 0 bridgehead atoms. The highest BCUT2D eigenvalue weighted by Crippen LogP contribution is 2.29. The van der Waals surface area contributed by atoms with Crippen LogP contribution in [0.1, 0.15) is 54.2 Å². The standard InChI is InChI=1S/C23H29FN4O2S/c1-15-11-27(7-8-28(15)23(30)17-5-3-4-6-17)12-18-9-19(24)10-20(16(18)2)26-22(29)21-13-31-14-25-21/h9-10,13-15,17H,3-8,11-12H2,1-2H3,(H,26,29)/t15-/m0/s1. The van der Waals surface area contributed by atoms with Crippen LogP contribution >= 0.6 is 11.3 Å². The van der Waals surface area contributed by atoms with Crippen LogP contribution in [0.25, 0.3) is 0 Å². The quantitative estimate of drug-likeness (QED) is 0.755. The van der Waals surface area contributed by atoms with Gasteiger partial charge in [0.25, 0.3) is 5.91 Å². The van der Waals surface area contributed by atoms with Crippen molar-refractivity contribution in [1.29, 1.82) is 0 Å². The number of nitrogens with one attached hydrogen (secondary N) is 1. The van der Waals surface area contributed by atoms with Crippen LogP contribution in [0.5, 0.6) is 0 Å². The van der Waals surface area contributed by atoms with Gasteiger partial charge in [0.05, 0.1) is 5.51 Å². The van der Waals surface area contributed by atoms with Crippen molar-refractivity contribution in [3.05, 3.63) is 45.7 Å². The minimum Gasteiger partial charge on any atom is -0.337 e. The number of carbonyl (C=O) groups is 2. The molecule has 4 rings (SSSR count). The number of benzene rings is 1. The second-order valence-electron chi connectivity index (χ2n) is 8.66. The topological polar surface area (TPSA) is 65.5 Å². The van der Waals surface area contributed by atoms with Gasteiger partial charge in [0.2, 0.25) is 5.91 Å². The van der Waals surface area contributed by atoms with E-state index in [2.05, 4.69) is 22.1 Å². The van der Waals surface area contributed by atoms with Crippen molar-refractivity contribution >= 4 is 28.8 Å². The van der Waals surface area contributed by atoms with E-state index < -0.39 is 0 Å². The molecule has 1 atom stereocenters. The lowest BCUT2D eigenvalue weighted by Gasteiger charge is -2.41. The molecule has 0 unspecified atom stereocenters. The van der Waals surface area contributed by atoms with E-state index in [1.165, 1.54) is 23.5 Å². The van der Waals surface area contributed by atoms with Crippen LogP contribution in [0.2, 0.25) is 0 Å². The molecule has 6 nitrogen and oxygen atoms in total. The molecule has 2 heterocycles. The summed E-state index contributed by atoms with van der Waals surface area (Å²) in [5.41, 5.74) is 4.08. The predicted molar refractivity (Wildman–Crippen MR) is 120 cm³/mol. The molecule has 1 saturated heterocycles. The number of halogens is 1. The first-order chi connectivity index (χ1) is 14.9. The summed E-state index contributed by atoms with van der Waals surface area (Å²) < 4.78 is 14.3. The third kappa shape index (κ3) is 4.96. The maximum Gasteiger partial charge on any atom is 0.275 e. The predicted octanol–water partition coefficient (Wildman–Crippen LogP) is 4.07. The Labute approximate surface area is 186 Å². The lowest BCUT2D eigenvalue weighted by Crippen LogP contribution is -2.54. The van der Waals surface area contributed by atoms with E-state index in [1.54, 1.807) is 10.9 Å². The number of aromatic nitrogens is 1. The molecule has 1 N–H and O–H groups in total. The molecule has 2 aliphatic rings. The molecule has 1 aromatic carbocycles. The molecule has 1 aromatic heterocycles. The van der Waals surface area contributed by atoms with Gasteiger partial charge in [0, 0.05) is 49.2 Å². The van der Waals surface area contributed by atoms with Gasteiger partial charge in [-0.2, -0.15) is 0 Å². The molecule has 1 aliphatic heterocycles. The van der Waals surface area contributed by atoms with Crippen molar-refractivity contribution in [2.75, 3.05) is 25.0 Å². The van der Waals surface area contributed by atoms with Gasteiger partial charge in [-0.15, -0.1) is 11.3 Å². The average Bonchev–Trinajstić information content (AvgIpc) is 3.45. The average molecular weight is 445 g/mol. The summed E-state index contributed by atoms with van der Waals surface area (Å²) in [6, 6.07) is 3.03. The lowest BCUT2D eigenvalue weighted by atomic mass is 10.0. The molecule has 166 valence electrons. The van der Waals surface area contributed by atoms with Crippen LogP contribution < -0.4 is 5.32 Å². The molecule has 8 heteroatoms. The number of hydrogen-bond acceptors (Lipinski definition) is 5. The molecular formula is C23H29FN4O2S. The van der Waals surface area contributed by atoms with Gasteiger partial charge in [-0.25, -0.2) is 9.37 Å². The van der Waals surface area contributed by atoms with E-state index in [-0.39, 0.29) is 23.7 Å². The van der Waals surface area contributed by atoms with Gasteiger partial charge >= 0.3 is 0 Å². The van der Waals surface area contributed by atoms with E-state index in [1.807, 2.05) is 11.8 Å². The van der Waals surface area contributed by atoms with E-state index in [0.29, 0.717) is 30.4 Å². The molecule has 1 aliphatic carbocycles. The second-order valence-corrected chi connectivity index (χ2v) is 9.38. The highest BCUT2D eigenvalue weighted by molar-refractivity contribution is 7.07. The fraction of sp³-hybridized carbons (Fsp3) is 0.522. The highest BCUT2D eigenvalue weighted by atomic mass is 32.1. The van der Waals surface area contributed by atoms with Crippen molar-refractivity contribution in [2.45, 2.75) is 52.1 Å². The van der Waals surface area contributed by atoms with Crippen molar-refractivity contribution in [2.24, 2.45) is 5.92 Å². The third-order valence-corrected chi connectivity index (χ3v) is 7.07. The number of anilines is 1. The van der Waals surface area contributed by atoms with Gasteiger partial charge in [-0.3, -0.25) is 14.5 Å². The summed E-state index contributed by atoms with van der Waals surface area (Å²) in [6.45, 7) is 6.80. The Balaban J connectivity index is 1.42. The first-order valence-corrected chi connectivity index (χ1v) is 11.9. The Bertz CT molecular complexity index is 943. The minimum atomic E-state index is -0.378. The van der Waals surface area contributed by atoms with Crippen LogP contribution in [0.15, 0.2) is 23.0 Å². The van der Waals surface area contributed by atoms with Gasteiger partial charge in [-0.05, 0) is 49.9 Å². The Hall–Kier alpha value is -2.32. The molecule has 2 fully saturated rings. The zero-order chi connectivity index (χ0) is 22.0. The summed E-state index contributed by atoms with van der Waals surface area (Å²) in [6.07, 6.45) is 4.35. The number of hydrogen-bond donors (Lipinski definition) is 1. The highest BCUT2D eigenvalue weighted by Gasteiger charge is 2.33. The Kier molecular flexibility index (Phi) is 6.67. The second kappa shape index (κ2) is 9.44. The molecule has 1 saturated carbocycles. The normalized spacial score (nSPS) is 20.2.